The number of aryl methyl sites for hydroxylation is 1. The van der Waals surface area contributed by atoms with Crippen molar-refractivity contribution in [1.82, 2.24) is 0 Å². The molecule has 21 heavy (non-hydrogen) atoms. The number of hydrogen-bond donors (Lipinski definition) is 2. The van der Waals surface area contributed by atoms with E-state index in [1.165, 1.54) is 11.1 Å². The maximum absolute atomic E-state index is 5.96. The fraction of sp³-hybridized carbons (Fsp3) is 0.278. The van der Waals surface area contributed by atoms with Crippen molar-refractivity contribution in [3.63, 3.8) is 0 Å². The first-order chi connectivity index (χ1) is 10.2. The fourth-order valence-electron chi connectivity index (χ4n) is 2.18. The van der Waals surface area contributed by atoms with E-state index in [4.69, 9.17) is 5.73 Å². The van der Waals surface area contributed by atoms with Crippen LogP contribution in [-0.2, 0) is 6.42 Å². The molecule has 0 spiro atoms. The average Bonchev–Trinajstić information content (AvgIpc) is 2.53. The van der Waals surface area contributed by atoms with Gasteiger partial charge in [-0.25, -0.2) is 0 Å². The molecular weight excluding hydrogens is 258 g/mol. The summed E-state index contributed by atoms with van der Waals surface area (Å²) in [6, 6.07) is 18.6. The molecule has 0 saturated heterocycles. The molecule has 2 aromatic rings. The Morgan fingerprint density at radius 1 is 1.14 bits per heavy atom. The summed E-state index contributed by atoms with van der Waals surface area (Å²) in [7, 11) is 0. The predicted octanol–water partition coefficient (Wildman–Crippen LogP) is 3.78. The molecule has 0 heterocycles. The van der Waals surface area contributed by atoms with Gasteiger partial charge < -0.3 is 11.1 Å². The van der Waals surface area contributed by atoms with Crippen molar-refractivity contribution < 1.29 is 0 Å². The van der Waals surface area contributed by atoms with E-state index in [1.54, 1.807) is 0 Å². The Balaban J connectivity index is 1.95. The lowest BCUT2D eigenvalue weighted by Crippen LogP contribution is -2.23. The van der Waals surface area contributed by atoms with Gasteiger partial charge in [-0.3, -0.25) is 4.99 Å². The van der Waals surface area contributed by atoms with Gasteiger partial charge in [0.2, 0.25) is 0 Å². The van der Waals surface area contributed by atoms with E-state index in [1.807, 2.05) is 30.3 Å². The molecule has 3 N–H and O–H groups in total. The second kappa shape index (κ2) is 7.48. The highest BCUT2D eigenvalue weighted by Crippen LogP contribution is 2.15. The molecule has 2 rings (SSSR count). The number of aliphatic imine (C=N–C) groups is 1. The van der Waals surface area contributed by atoms with E-state index in [-0.39, 0.29) is 0 Å². The second-order valence-corrected chi connectivity index (χ2v) is 5.22. The summed E-state index contributed by atoms with van der Waals surface area (Å²) in [5.41, 5.74) is 9.51. The van der Waals surface area contributed by atoms with Crippen LogP contribution in [0.2, 0.25) is 0 Å². The topological polar surface area (TPSA) is 50.4 Å². The van der Waals surface area contributed by atoms with Gasteiger partial charge in [0.25, 0.3) is 0 Å². The summed E-state index contributed by atoms with van der Waals surface area (Å²) in [4.78, 5) is 4.43. The molecule has 110 valence electrons. The van der Waals surface area contributed by atoms with E-state index < -0.39 is 0 Å². The number of nitrogens with one attached hydrogen (secondary N) is 1. The average molecular weight is 281 g/mol. The Kier molecular flexibility index (Phi) is 5.38. The minimum Gasteiger partial charge on any atom is -0.370 e. The van der Waals surface area contributed by atoms with Crippen molar-refractivity contribution in [2.24, 2.45) is 10.7 Å². The van der Waals surface area contributed by atoms with Gasteiger partial charge in [0.15, 0.2) is 5.96 Å². The molecule has 0 aliphatic heterocycles. The first-order valence-corrected chi connectivity index (χ1v) is 7.40. The molecule has 0 aliphatic carbocycles. The third-order valence-corrected chi connectivity index (χ3v) is 3.51. The van der Waals surface area contributed by atoms with Crippen LogP contribution in [0.15, 0.2) is 59.6 Å². The van der Waals surface area contributed by atoms with Crippen molar-refractivity contribution in [1.29, 1.82) is 0 Å². The van der Waals surface area contributed by atoms with Crippen LogP contribution in [0.25, 0.3) is 0 Å². The highest BCUT2D eigenvalue weighted by atomic mass is 15.1. The van der Waals surface area contributed by atoms with E-state index in [2.05, 4.69) is 48.4 Å². The van der Waals surface area contributed by atoms with Gasteiger partial charge in [-0.1, -0.05) is 56.3 Å². The second-order valence-electron chi connectivity index (χ2n) is 5.22. The van der Waals surface area contributed by atoms with Crippen molar-refractivity contribution in [3.8, 4) is 0 Å². The molecule has 0 bridgehead atoms. The summed E-state index contributed by atoms with van der Waals surface area (Å²) in [5.74, 6) is 0.819. The first kappa shape index (κ1) is 15.1. The Hall–Kier alpha value is -2.29. The maximum Gasteiger partial charge on any atom is 0.193 e. The van der Waals surface area contributed by atoms with Crippen molar-refractivity contribution in [2.45, 2.75) is 26.2 Å². The summed E-state index contributed by atoms with van der Waals surface area (Å²) in [5, 5.41) is 3.15. The monoisotopic (exact) mass is 281 g/mol. The molecule has 2 aromatic carbocycles. The van der Waals surface area contributed by atoms with Gasteiger partial charge in [-0.15, -0.1) is 0 Å². The Bertz CT molecular complexity index is 590. The highest BCUT2D eigenvalue weighted by Gasteiger charge is 2.04. The Morgan fingerprint density at radius 2 is 1.90 bits per heavy atom. The third-order valence-electron chi connectivity index (χ3n) is 3.51. The molecule has 0 aliphatic rings. The van der Waals surface area contributed by atoms with Crippen molar-refractivity contribution >= 4 is 11.6 Å². The van der Waals surface area contributed by atoms with E-state index in [0.717, 1.165) is 12.1 Å². The van der Waals surface area contributed by atoms with E-state index in [9.17, 15) is 0 Å². The van der Waals surface area contributed by atoms with E-state index >= 15 is 0 Å². The number of guanidine groups is 1. The lowest BCUT2D eigenvalue weighted by Gasteiger charge is -2.11. The molecule has 1 atom stereocenters. The first-order valence-electron chi connectivity index (χ1n) is 7.40. The minimum atomic E-state index is 0.355. The summed E-state index contributed by atoms with van der Waals surface area (Å²) in [6.45, 7) is 4.97. The zero-order chi connectivity index (χ0) is 15.1. The standard InChI is InChI=1S/C18H23N3/c1-3-15-8-7-11-17(12-15)21-18(19)20-13-14(2)16-9-5-4-6-10-16/h4-12,14H,3,13H2,1-2H3,(H3,19,20,21). The molecule has 3 nitrogen and oxygen atoms in total. The van der Waals surface area contributed by atoms with Gasteiger partial charge in [-0.2, -0.15) is 0 Å². The van der Waals surface area contributed by atoms with Crippen molar-refractivity contribution in [3.05, 3.63) is 65.7 Å². The molecule has 3 heteroatoms. The Labute approximate surface area is 126 Å². The van der Waals surface area contributed by atoms with Crippen LogP contribution in [-0.4, -0.2) is 12.5 Å². The zero-order valence-corrected chi connectivity index (χ0v) is 12.7. The molecule has 0 radical (unpaired) electrons. The van der Waals surface area contributed by atoms with Crippen LogP contribution in [0, 0.1) is 0 Å². The van der Waals surface area contributed by atoms with Gasteiger partial charge in [0.05, 0.1) is 0 Å². The molecule has 0 fully saturated rings. The quantitative estimate of drug-likeness (QED) is 0.647. The number of rotatable bonds is 5. The largest absolute Gasteiger partial charge is 0.370 e. The van der Waals surface area contributed by atoms with Crippen LogP contribution < -0.4 is 11.1 Å². The predicted molar refractivity (Wildman–Crippen MR) is 90.8 cm³/mol. The molecular formula is C18H23N3. The number of hydrogen-bond acceptors (Lipinski definition) is 1. The van der Waals surface area contributed by atoms with Gasteiger partial charge in [0, 0.05) is 18.2 Å². The molecule has 0 saturated carbocycles. The van der Waals surface area contributed by atoms with Crippen LogP contribution in [0.4, 0.5) is 5.69 Å². The SMILES string of the molecule is CCc1cccc(NC(N)=NCC(C)c2ccccc2)c1. The Morgan fingerprint density at radius 3 is 2.62 bits per heavy atom. The highest BCUT2D eigenvalue weighted by molar-refractivity contribution is 5.92. The third kappa shape index (κ3) is 4.63. The fourth-order valence-corrected chi connectivity index (χ4v) is 2.18. The number of nitrogens with zero attached hydrogens (tertiary/aromatic N) is 1. The van der Waals surface area contributed by atoms with Crippen LogP contribution in [0.3, 0.4) is 0 Å². The van der Waals surface area contributed by atoms with Crippen LogP contribution in [0.5, 0.6) is 0 Å². The van der Waals surface area contributed by atoms with Crippen LogP contribution in [0.1, 0.15) is 30.9 Å². The normalized spacial score (nSPS) is 13.0. The smallest absolute Gasteiger partial charge is 0.193 e. The molecule has 1 unspecified atom stereocenters. The minimum absolute atomic E-state index is 0.355. The lowest BCUT2D eigenvalue weighted by molar-refractivity contribution is 0.774. The maximum atomic E-state index is 5.96. The summed E-state index contributed by atoms with van der Waals surface area (Å²) in [6.07, 6.45) is 1.01. The number of nitrogens with two attached hydrogens (primary N) is 1. The van der Waals surface area contributed by atoms with Crippen LogP contribution >= 0.6 is 0 Å². The van der Waals surface area contributed by atoms with Gasteiger partial charge in [0.1, 0.15) is 0 Å². The van der Waals surface area contributed by atoms with Gasteiger partial charge >= 0.3 is 0 Å². The number of benzene rings is 2. The number of anilines is 1. The van der Waals surface area contributed by atoms with Gasteiger partial charge in [-0.05, 0) is 29.7 Å². The summed E-state index contributed by atoms with van der Waals surface area (Å²) < 4.78 is 0. The lowest BCUT2D eigenvalue weighted by atomic mass is 10.0. The molecule has 0 aromatic heterocycles. The summed E-state index contributed by atoms with van der Waals surface area (Å²) >= 11 is 0. The molecule has 0 amide bonds. The van der Waals surface area contributed by atoms with Crippen molar-refractivity contribution in [2.75, 3.05) is 11.9 Å². The zero-order valence-electron chi connectivity index (χ0n) is 12.7. The van der Waals surface area contributed by atoms with E-state index in [0.29, 0.717) is 18.4 Å².